The number of anilines is 1. The standard InChI is InChI=1S/C21H15Cl3FN5O2/c22-15-2-1-3-18(19(15)24)32-12-29-9-8-17(27-29)21(31)26-20-16(23)11-30(28-20)10-13-4-6-14(25)7-5-13/h1-9,11H,10,12H2,(H,26,28,31). The lowest BCUT2D eigenvalue weighted by molar-refractivity contribution is 0.101. The molecule has 2 aromatic heterocycles. The van der Waals surface area contributed by atoms with Gasteiger partial charge >= 0.3 is 0 Å². The maximum atomic E-state index is 13.1. The Labute approximate surface area is 197 Å². The van der Waals surface area contributed by atoms with Gasteiger partial charge < -0.3 is 10.1 Å². The van der Waals surface area contributed by atoms with Crippen LogP contribution in [0.25, 0.3) is 0 Å². The maximum Gasteiger partial charge on any atom is 0.277 e. The van der Waals surface area contributed by atoms with Crippen molar-refractivity contribution in [1.82, 2.24) is 19.6 Å². The number of aromatic nitrogens is 4. The van der Waals surface area contributed by atoms with Crippen molar-refractivity contribution >= 4 is 46.5 Å². The van der Waals surface area contributed by atoms with E-state index in [1.807, 2.05) is 0 Å². The number of halogens is 4. The maximum absolute atomic E-state index is 13.1. The highest BCUT2D eigenvalue weighted by Crippen LogP contribution is 2.31. The van der Waals surface area contributed by atoms with Crippen molar-refractivity contribution in [2.45, 2.75) is 13.3 Å². The molecule has 0 fully saturated rings. The Morgan fingerprint density at radius 2 is 1.78 bits per heavy atom. The minimum atomic E-state index is -0.488. The first-order valence-electron chi connectivity index (χ1n) is 9.28. The fraction of sp³-hybridized carbons (Fsp3) is 0.0952. The summed E-state index contributed by atoms with van der Waals surface area (Å²) in [7, 11) is 0. The van der Waals surface area contributed by atoms with E-state index < -0.39 is 5.91 Å². The summed E-state index contributed by atoms with van der Waals surface area (Å²) in [6, 6.07) is 12.6. The lowest BCUT2D eigenvalue weighted by Crippen LogP contribution is -2.15. The highest BCUT2D eigenvalue weighted by Gasteiger charge is 2.15. The van der Waals surface area contributed by atoms with Crippen molar-refractivity contribution in [2.75, 3.05) is 5.32 Å². The van der Waals surface area contributed by atoms with Crippen molar-refractivity contribution in [3.05, 3.63) is 93.1 Å². The molecule has 0 radical (unpaired) electrons. The molecule has 0 atom stereocenters. The molecule has 0 aliphatic heterocycles. The van der Waals surface area contributed by atoms with Crippen LogP contribution in [0.3, 0.4) is 0 Å². The van der Waals surface area contributed by atoms with Crippen molar-refractivity contribution < 1.29 is 13.9 Å². The second kappa shape index (κ2) is 9.60. The molecule has 0 aliphatic rings. The monoisotopic (exact) mass is 493 g/mol. The summed E-state index contributed by atoms with van der Waals surface area (Å²) in [5.74, 6) is -0.214. The van der Waals surface area contributed by atoms with Crippen LogP contribution in [0.15, 0.2) is 60.9 Å². The Kier molecular flexibility index (Phi) is 6.64. The zero-order valence-electron chi connectivity index (χ0n) is 16.3. The molecule has 1 N–H and O–H groups in total. The van der Waals surface area contributed by atoms with Crippen LogP contribution in [0.5, 0.6) is 5.75 Å². The zero-order chi connectivity index (χ0) is 22.7. The predicted molar refractivity (Wildman–Crippen MR) is 120 cm³/mol. The first kappa shape index (κ1) is 22.1. The van der Waals surface area contributed by atoms with E-state index in [1.54, 1.807) is 47.4 Å². The molecule has 11 heteroatoms. The minimum Gasteiger partial charge on any atom is -0.470 e. The topological polar surface area (TPSA) is 74.0 Å². The van der Waals surface area contributed by atoms with Crippen LogP contribution >= 0.6 is 34.8 Å². The van der Waals surface area contributed by atoms with Crippen LogP contribution < -0.4 is 10.1 Å². The Bertz CT molecular complexity index is 1260. The highest BCUT2D eigenvalue weighted by molar-refractivity contribution is 6.42. The third kappa shape index (κ3) is 5.21. The number of benzene rings is 2. The fourth-order valence-corrected chi connectivity index (χ4v) is 3.34. The second-order valence-electron chi connectivity index (χ2n) is 6.67. The van der Waals surface area contributed by atoms with Crippen molar-refractivity contribution in [2.24, 2.45) is 0 Å². The van der Waals surface area contributed by atoms with E-state index >= 15 is 0 Å². The summed E-state index contributed by atoms with van der Waals surface area (Å²) in [6.45, 7) is 0.397. The lowest BCUT2D eigenvalue weighted by atomic mass is 10.2. The SMILES string of the molecule is O=C(Nc1nn(Cc2ccc(F)cc2)cc1Cl)c1ccn(COc2cccc(Cl)c2Cl)n1. The number of nitrogens with one attached hydrogen (secondary N) is 1. The first-order valence-corrected chi connectivity index (χ1v) is 10.4. The van der Waals surface area contributed by atoms with E-state index in [9.17, 15) is 9.18 Å². The number of hydrogen-bond acceptors (Lipinski definition) is 4. The molecule has 4 rings (SSSR count). The Morgan fingerprint density at radius 3 is 2.56 bits per heavy atom. The predicted octanol–water partition coefficient (Wildman–Crippen LogP) is 5.52. The molecule has 0 bridgehead atoms. The van der Waals surface area contributed by atoms with E-state index in [2.05, 4.69) is 15.5 Å². The molecule has 0 spiro atoms. The summed E-state index contributed by atoms with van der Waals surface area (Å²) in [6.07, 6.45) is 3.16. The highest BCUT2D eigenvalue weighted by atomic mass is 35.5. The van der Waals surface area contributed by atoms with Crippen LogP contribution in [0.2, 0.25) is 15.1 Å². The van der Waals surface area contributed by atoms with Crippen LogP contribution in [-0.4, -0.2) is 25.5 Å². The quantitative estimate of drug-likeness (QED) is 0.367. The zero-order valence-corrected chi connectivity index (χ0v) is 18.6. The van der Waals surface area contributed by atoms with Gasteiger partial charge in [0.2, 0.25) is 0 Å². The number of carbonyl (C=O) groups is 1. The molecule has 1 amide bonds. The number of carbonyl (C=O) groups excluding carboxylic acids is 1. The number of amides is 1. The van der Waals surface area contributed by atoms with Gasteiger partial charge in [-0.1, -0.05) is 53.0 Å². The van der Waals surface area contributed by atoms with Gasteiger partial charge in [-0.15, -0.1) is 0 Å². The van der Waals surface area contributed by atoms with Gasteiger partial charge in [0.1, 0.15) is 21.6 Å². The van der Waals surface area contributed by atoms with Gasteiger partial charge in [0, 0.05) is 12.4 Å². The largest absolute Gasteiger partial charge is 0.470 e. The molecule has 4 aromatic rings. The molecular formula is C21H15Cl3FN5O2. The third-order valence-corrected chi connectivity index (χ3v) is 5.43. The summed E-state index contributed by atoms with van der Waals surface area (Å²) in [5, 5.41) is 12.0. The summed E-state index contributed by atoms with van der Waals surface area (Å²) >= 11 is 18.2. The molecule has 0 saturated carbocycles. The Balaban J connectivity index is 1.38. The molecule has 2 heterocycles. The van der Waals surface area contributed by atoms with Gasteiger partial charge in [0.05, 0.1) is 11.6 Å². The van der Waals surface area contributed by atoms with Gasteiger partial charge in [0.25, 0.3) is 5.91 Å². The summed E-state index contributed by atoms with van der Waals surface area (Å²) < 4.78 is 21.6. The average Bonchev–Trinajstić information content (AvgIpc) is 3.37. The average molecular weight is 495 g/mol. The van der Waals surface area contributed by atoms with Crippen LogP contribution in [-0.2, 0) is 13.3 Å². The molecule has 2 aromatic carbocycles. The molecule has 0 unspecified atom stereocenters. The van der Waals surface area contributed by atoms with E-state index in [-0.39, 0.29) is 29.1 Å². The van der Waals surface area contributed by atoms with E-state index in [0.29, 0.717) is 22.3 Å². The fourth-order valence-electron chi connectivity index (χ4n) is 2.80. The second-order valence-corrected chi connectivity index (χ2v) is 7.86. The number of nitrogens with zero attached hydrogens (tertiary/aromatic N) is 4. The molecule has 0 saturated heterocycles. The van der Waals surface area contributed by atoms with Gasteiger partial charge in [-0.3, -0.25) is 9.48 Å². The van der Waals surface area contributed by atoms with Crippen molar-refractivity contribution in [3.8, 4) is 5.75 Å². The van der Waals surface area contributed by atoms with Gasteiger partial charge in [-0.25, -0.2) is 9.07 Å². The number of rotatable bonds is 7. The van der Waals surface area contributed by atoms with E-state index in [0.717, 1.165) is 5.56 Å². The third-order valence-electron chi connectivity index (χ3n) is 4.35. The molecule has 7 nitrogen and oxygen atoms in total. The van der Waals surface area contributed by atoms with Crippen LogP contribution in [0.4, 0.5) is 10.2 Å². The molecule has 164 valence electrons. The van der Waals surface area contributed by atoms with Crippen molar-refractivity contribution in [1.29, 1.82) is 0 Å². The smallest absolute Gasteiger partial charge is 0.277 e. The van der Waals surface area contributed by atoms with E-state index in [4.69, 9.17) is 39.5 Å². The van der Waals surface area contributed by atoms with Gasteiger partial charge in [-0.2, -0.15) is 10.2 Å². The Morgan fingerprint density at radius 1 is 1.00 bits per heavy atom. The van der Waals surface area contributed by atoms with Crippen LogP contribution in [0, 0.1) is 5.82 Å². The molecule has 32 heavy (non-hydrogen) atoms. The normalized spacial score (nSPS) is 10.9. The molecular weight excluding hydrogens is 480 g/mol. The van der Waals surface area contributed by atoms with Crippen LogP contribution in [0.1, 0.15) is 16.1 Å². The van der Waals surface area contributed by atoms with Gasteiger partial charge in [-0.05, 0) is 35.9 Å². The summed E-state index contributed by atoms with van der Waals surface area (Å²) in [4.78, 5) is 12.5. The molecule has 0 aliphatic carbocycles. The first-order chi connectivity index (χ1) is 15.4. The number of hydrogen-bond donors (Lipinski definition) is 1. The Hall–Kier alpha value is -3.07. The summed E-state index contributed by atoms with van der Waals surface area (Å²) in [5.41, 5.74) is 0.983. The van der Waals surface area contributed by atoms with Crippen molar-refractivity contribution in [3.63, 3.8) is 0 Å². The number of ether oxygens (including phenoxy) is 1. The lowest BCUT2D eigenvalue weighted by Gasteiger charge is -2.08. The minimum absolute atomic E-state index is 0.0282. The van der Waals surface area contributed by atoms with E-state index in [1.165, 1.54) is 22.9 Å². The van der Waals surface area contributed by atoms with Gasteiger partial charge in [0.15, 0.2) is 18.2 Å².